The van der Waals surface area contributed by atoms with E-state index in [9.17, 15) is 4.79 Å². The molecule has 88 valence electrons. The number of nitrogens with zero attached hydrogens (tertiary/aromatic N) is 1. The van der Waals surface area contributed by atoms with Crippen molar-refractivity contribution in [1.82, 2.24) is 10.2 Å². The third-order valence-electron chi connectivity index (χ3n) is 2.75. The first-order valence-electron chi connectivity index (χ1n) is 5.77. The molecule has 1 rings (SSSR count). The van der Waals surface area contributed by atoms with Gasteiger partial charge >= 0.3 is 0 Å². The zero-order valence-corrected chi connectivity index (χ0v) is 9.79. The van der Waals surface area contributed by atoms with Gasteiger partial charge in [0.2, 0.25) is 0 Å². The molecule has 1 unspecified atom stereocenters. The summed E-state index contributed by atoms with van der Waals surface area (Å²) in [7, 11) is 3.78. The van der Waals surface area contributed by atoms with E-state index in [4.69, 9.17) is 4.74 Å². The second kappa shape index (κ2) is 6.80. The Bertz CT molecular complexity index is 191. The summed E-state index contributed by atoms with van der Waals surface area (Å²) in [6.07, 6.45) is 3.90. The molecule has 1 heterocycles. The van der Waals surface area contributed by atoms with Crippen LogP contribution in [0.1, 0.15) is 25.7 Å². The molecule has 1 fully saturated rings. The molecule has 0 aliphatic carbocycles. The van der Waals surface area contributed by atoms with Crippen LogP contribution in [-0.2, 0) is 9.53 Å². The fourth-order valence-electron chi connectivity index (χ4n) is 1.78. The summed E-state index contributed by atoms with van der Waals surface area (Å²) in [5, 5.41) is 3.07. The molecular weight excluding hydrogens is 192 g/mol. The number of ether oxygens (including phenoxy) is 1. The van der Waals surface area contributed by atoms with Crippen LogP contribution in [0, 0.1) is 0 Å². The largest absolute Gasteiger partial charge is 0.368 e. The molecule has 4 nitrogen and oxygen atoms in total. The molecule has 15 heavy (non-hydrogen) atoms. The van der Waals surface area contributed by atoms with Gasteiger partial charge in [0.15, 0.2) is 0 Å². The van der Waals surface area contributed by atoms with Crippen molar-refractivity contribution < 1.29 is 9.53 Å². The van der Waals surface area contributed by atoms with E-state index < -0.39 is 0 Å². The highest BCUT2D eigenvalue weighted by molar-refractivity contribution is 5.80. The van der Waals surface area contributed by atoms with Gasteiger partial charge in [-0.2, -0.15) is 0 Å². The van der Waals surface area contributed by atoms with Crippen molar-refractivity contribution in [3.63, 3.8) is 0 Å². The van der Waals surface area contributed by atoms with Crippen molar-refractivity contribution in [1.29, 1.82) is 0 Å². The number of nitrogens with one attached hydrogen (secondary N) is 1. The van der Waals surface area contributed by atoms with Gasteiger partial charge in [0.05, 0.1) is 0 Å². The third kappa shape index (κ3) is 4.18. The van der Waals surface area contributed by atoms with Crippen LogP contribution in [-0.4, -0.2) is 50.7 Å². The summed E-state index contributed by atoms with van der Waals surface area (Å²) in [6, 6.07) is 0. The number of likely N-dealkylation sites (N-methyl/N-ethyl adjacent to an activating group) is 1. The highest BCUT2D eigenvalue weighted by Crippen LogP contribution is 2.14. The zero-order valence-electron chi connectivity index (χ0n) is 9.79. The number of carbonyl (C=O) groups excluding carboxylic acids is 1. The van der Waals surface area contributed by atoms with Crippen LogP contribution in [0.4, 0.5) is 0 Å². The molecule has 1 aliphatic heterocycles. The number of amides is 1. The standard InChI is InChI=1S/C11H22N2O2/c1-12-7-5-8-13(2)11(14)10-6-3-4-9-15-10/h10,12H,3-9H2,1-2H3. The van der Waals surface area contributed by atoms with E-state index in [0.29, 0.717) is 0 Å². The number of rotatable bonds is 5. The maximum absolute atomic E-state index is 11.9. The van der Waals surface area contributed by atoms with Crippen LogP contribution in [0.5, 0.6) is 0 Å². The fourth-order valence-corrected chi connectivity index (χ4v) is 1.78. The van der Waals surface area contributed by atoms with E-state index >= 15 is 0 Å². The molecule has 0 spiro atoms. The third-order valence-corrected chi connectivity index (χ3v) is 2.75. The topological polar surface area (TPSA) is 41.6 Å². The lowest BCUT2D eigenvalue weighted by atomic mass is 10.1. The molecule has 1 aliphatic rings. The summed E-state index contributed by atoms with van der Waals surface area (Å²) >= 11 is 0. The van der Waals surface area contributed by atoms with Gasteiger partial charge in [-0.1, -0.05) is 0 Å². The Labute approximate surface area is 92.0 Å². The van der Waals surface area contributed by atoms with Gasteiger partial charge in [-0.3, -0.25) is 4.79 Å². The van der Waals surface area contributed by atoms with Crippen molar-refractivity contribution in [3.05, 3.63) is 0 Å². The van der Waals surface area contributed by atoms with Crippen molar-refractivity contribution in [3.8, 4) is 0 Å². The maximum atomic E-state index is 11.9. The smallest absolute Gasteiger partial charge is 0.251 e. The van der Waals surface area contributed by atoms with Gasteiger partial charge in [0.1, 0.15) is 6.10 Å². The minimum absolute atomic E-state index is 0.144. The monoisotopic (exact) mass is 214 g/mol. The van der Waals surface area contributed by atoms with Gasteiger partial charge in [-0.05, 0) is 39.3 Å². The molecule has 1 saturated heterocycles. The van der Waals surface area contributed by atoms with Gasteiger partial charge < -0.3 is 15.0 Å². The Morgan fingerprint density at radius 1 is 1.53 bits per heavy atom. The lowest BCUT2D eigenvalue weighted by molar-refractivity contribution is -0.145. The van der Waals surface area contributed by atoms with E-state index in [-0.39, 0.29) is 12.0 Å². The van der Waals surface area contributed by atoms with Crippen molar-refractivity contribution in [2.24, 2.45) is 0 Å². The van der Waals surface area contributed by atoms with Crippen LogP contribution in [0.2, 0.25) is 0 Å². The van der Waals surface area contributed by atoms with Gasteiger partial charge in [0, 0.05) is 20.2 Å². The summed E-state index contributed by atoms with van der Waals surface area (Å²) in [4.78, 5) is 13.7. The summed E-state index contributed by atoms with van der Waals surface area (Å²) in [5.41, 5.74) is 0. The Morgan fingerprint density at radius 2 is 2.33 bits per heavy atom. The maximum Gasteiger partial charge on any atom is 0.251 e. The van der Waals surface area contributed by atoms with Crippen LogP contribution in [0.3, 0.4) is 0 Å². The Balaban J connectivity index is 2.24. The summed E-state index contributed by atoms with van der Waals surface area (Å²) in [5.74, 6) is 0.144. The molecule has 1 N–H and O–H groups in total. The van der Waals surface area contributed by atoms with Crippen molar-refractivity contribution >= 4 is 5.91 Å². The lowest BCUT2D eigenvalue weighted by Crippen LogP contribution is -2.40. The molecule has 0 aromatic carbocycles. The predicted molar refractivity (Wildman–Crippen MR) is 59.8 cm³/mol. The zero-order chi connectivity index (χ0) is 11.1. The molecule has 0 radical (unpaired) electrons. The van der Waals surface area contributed by atoms with E-state index in [1.165, 1.54) is 0 Å². The second-order valence-electron chi connectivity index (χ2n) is 4.07. The Hall–Kier alpha value is -0.610. The minimum Gasteiger partial charge on any atom is -0.368 e. The lowest BCUT2D eigenvalue weighted by Gasteiger charge is -2.26. The van der Waals surface area contributed by atoms with E-state index in [1.54, 1.807) is 4.90 Å². The van der Waals surface area contributed by atoms with Gasteiger partial charge in [-0.15, -0.1) is 0 Å². The van der Waals surface area contributed by atoms with Crippen LogP contribution < -0.4 is 5.32 Å². The van der Waals surface area contributed by atoms with Crippen molar-refractivity contribution in [2.45, 2.75) is 31.8 Å². The molecule has 1 amide bonds. The van der Waals surface area contributed by atoms with E-state index in [0.717, 1.165) is 45.4 Å². The average molecular weight is 214 g/mol. The quantitative estimate of drug-likeness (QED) is 0.682. The fraction of sp³-hybridized carbons (Fsp3) is 0.909. The number of carbonyl (C=O) groups is 1. The predicted octanol–water partition coefficient (Wildman–Crippen LogP) is 0.623. The van der Waals surface area contributed by atoms with Gasteiger partial charge in [-0.25, -0.2) is 0 Å². The Morgan fingerprint density at radius 3 is 2.93 bits per heavy atom. The van der Waals surface area contributed by atoms with Crippen LogP contribution >= 0.6 is 0 Å². The molecular formula is C11H22N2O2. The molecule has 0 aromatic heterocycles. The first-order valence-corrected chi connectivity index (χ1v) is 5.77. The minimum atomic E-state index is -0.182. The first-order chi connectivity index (χ1) is 7.25. The number of hydrogen-bond acceptors (Lipinski definition) is 3. The van der Waals surface area contributed by atoms with Crippen molar-refractivity contribution in [2.75, 3.05) is 33.8 Å². The molecule has 0 bridgehead atoms. The Kier molecular flexibility index (Phi) is 5.65. The molecule has 0 saturated carbocycles. The molecule has 0 aromatic rings. The van der Waals surface area contributed by atoms with E-state index in [2.05, 4.69) is 5.32 Å². The van der Waals surface area contributed by atoms with Crippen LogP contribution in [0.25, 0.3) is 0 Å². The normalized spacial score (nSPS) is 21.3. The number of hydrogen-bond donors (Lipinski definition) is 1. The highest BCUT2D eigenvalue weighted by atomic mass is 16.5. The highest BCUT2D eigenvalue weighted by Gasteiger charge is 2.24. The average Bonchev–Trinajstić information content (AvgIpc) is 2.29. The molecule has 4 heteroatoms. The summed E-state index contributed by atoms with van der Waals surface area (Å²) < 4.78 is 5.46. The van der Waals surface area contributed by atoms with Crippen LogP contribution in [0.15, 0.2) is 0 Å². The summed E-state index contributed by atoms with van der Waals surface area (Å²) in [6.45, 7) is 2.49. The SMILES string of the molecule is CNCCCN(C)C(=O)C1CCCCO1. The molecule has 1 atom stereocenters. The first kappa shape index (κ1) is 12.5. The van der Waals surface area contributed by atoms with E-state index in [1.807, 2.05) is 14.1 Å². The van der Waals surface area contributed by atoms with Gasteiger partial charge in [0.25, 0.3) is 5.91 Å². The second-order valence-corrected chi connectivity index (χ2v) is 4.07.